The number of benzene rings is 1. The van der Waals surface area contributed by atoms with Crippen LogP contribution in [0.25, 0.3) is 10.9 Å². The zero-order valence-corrected chi connectivity index (χ0v) is 16.5. The highest BCUT2D eigenvalue weighted by atomic mass is 16.5. The molecule has 0 radical (unpaired) electrons. The zero-order chi connectivity index (χ0) is 20.3. The first-order valence-corrected chi connectivity index (χ1v) is 9.32. The van der Waals surface area contributed by atoms with Crippen molar-refractivity contribution in [2.45, 2.75) is 46.3 Å². The first-order chi connectivity index (χ1) is 13.4. The van der Waals surface area contributed by atoms with E-state index in [4.69, 9.17) is 4.74 Å². The van der Waals surface area contributed by atoms with E-state index in [9.17, 15) is 9.59 Å². The summed E-state index contributed by atoms with van der Waals surface area (Å²) in [4.78, 5) is 29.7. The van der Waals surface area contributed by atoms with E-state index in [1.165, 1.54) is 0 Å². The minimum atomic E-state index is -0.958. The van der Waals surface area contributed by atoms with Gasteiger partial charge in [0.1, 0.15) is 5.82 Å². The minimum absolute atomic E-state index is 0.148. The van der Waals surface area contributed by atoms with Crippen LogP contribution in [0.1, 0.15) is 49.3 Å². The molecule has 0 aliphatic carbocycles. The van der Waals surface area contributed by atoms with Gasteiger partial charge in [-0.1, -0.05) is 25.1 Å². The molecule has 3 rings (SSSR count). The summed E-state index contributed by atoms with van der Waals surface area (Å²) < 4.78 is 7.17. The second-order valence-corrected chi connectivity index (χ2v) is 6.78. The average Bonchev–Trinajstić information content (AvgIpc) is 3.14. The van der Waals surface area contributed by atoms with E-state index in [-0.39, 0.29) is 6.04 Å². The highest BCUT2D eigenvalue weighted by molar-refractivity contribution is 6.04. The Bertz CT molecular complexity index is 1010. The summed E-state index contributed by atoms with van der Waals surface area (Å²) in [6, 6.07) is 10.9. The summed E-state index contributed by atoms with van der Waals surface area (Å²) in [5.74, 6) is -0.388. The van der Waals surface area contributed by atoms with Gasteiger partial charge in [-0.05, 0) is 39.3 Å². The van der Waals surface area contributed by atoms with E-state index >= 15 is 0 Å². The van der Waals surface area contributed by atoms with Crippen molar-refractivity contribution in [1.82, 2.24) is 14.8 Å². The second kappa shape index (κ2) is 8.21. The van der Waals surface area contributed by atoms with Crippen molar-refractivity contribution < 1.29 is 14.3 Å². The largest absolute Gasteiger partial charge is 0.449 e. The second-order valence-electron chi connectivity index (χ2n) is 6.78. The van der Waals surface area contributed by atoms with Gasteiger partial charge in [0, 0.05) is 17.1 Å². The summed E-state index contributed by atoms with van der Waals surface area (Å²) in [5.41, 5.74) is 1.82. The molecule has 7 nitrogen and oxygen atoms in total. The lowest BCUT2D eigenvalue weighted by Gasteiger charge is -2.17. The number of hydrogen-bond acceptors (Lipinski definition) is 5. The Morgan fingerprint density at radius 2 is 1.96 bits per heavy atom. The molecule has 0 spiro atoms. The van der Waals surface area contributed by atoms with Crippen LogP contribution >= 0.6 is 0 Å². The third-order valence-electron chi connectivity index (χ3n) is 4.65. The molecule has 0 saturated heterocycles. The van der Waals surface area contributed by atoms with Crippen molar-refractivity contribution in [3.63, 3.8) is 0 Å². The summed E-state index contributed by atoms with van der Waals surface area (Å²) in [6.45, 7) is 7.43. The number of nitrogens with one attached hydrogen (secondary N) is 1. The minimum Gasteiger partial charge on any atom is -0.449 e. The van der Waals surface area contributed by atoms with Crippen LogP contribution < -0.4 is 5.32 Å². The molecular weight excluding hydrogens is 356 g/mol. The van der Waals surface area contributed by atoms with Crippen molar-refractivity contribution in [2.75, 3.05) is 5.32 Å². The van der Waals surface area contributed by atoms with Gasteiger partial charge in [0.15, 0.2) is 6.10 Å². The number of hydrogen-bond donors (Lipinski definition) is 1. The lowest BCUT2D eigenvalue weighted by atomic mass is 10.1. The Labute approximate surface area is 163 Å². The van der Waals surface area contributed by atoms with Gasteiger partial charge in [-0.2, -0.15) is 5.10 Å². The molecule has 1 N–H and O–H groups in total. The standard InChI is InChI=1S/C21H24N4O3/c1-5-14(3)25-19(10-11-22-25)24-20(26)15(4)28-21(27)17-12-13(2)23-18-9-7-6-8-16(17)18/h6-12,14-15H,5H2,1-4H3,(H,24,26)/t14-,15+/m0/s1. The molecule has 2 atom stereocenters. The van der Waals surface area contributed by atoms with Crippen LogP contribution in [-0.4, -0.2) is 32.7 Å². The van der Waals surface area contributed by atoms with Crippen LogP contribution in [0.2, 0.25) is 0 Å². The fraction of sp³-hybridized carbons (Fsp3) is 0.333. The topological polar surface area (TPSA) is 86.1 Å². The van der Waals surface area contributed by atoms with Crippen molar-refractivity contribution >= 4 is 28.6 Å². The fourth-order valence-electron chi connectivity index (χ4n) is 2.92. The smallest absolute Gasteiger partial charge is 0.339 e. The van der Waals surface area contributed by atoms with Gasteiger partial charge < -0.3 is 10.1 Å². The van der Waals surface area contributed by atoms with Gasteiger partial charge in [0.2, 0.25) is 0 Å². The predicted molar refractivity (Wildman–Crippen MR) is 107 cm³/mol. The van der Waals surface area contributed by atoms with E-state index in [1.807, 2.05) is 45.0 Å². The quantitative estimate of drug-likeness (QED) is 0.656. The third-order valence-corrected chi connectivity index (χ3v) is 4.65. The summed E-state index contributed by atoms with van der Waals surface area (Å²) >= 11 is 0. The molecule has 0 saturated carbocycles. The number of esters is 1. The highest BCUT2D eigenvalue weighted by Gasteiger charge is 2.22. The maximum Gasteiger partial charge on any atom is 0.339 e. The number of para-hydroxylation sites is 1. The maximum atomic E-state index is 12.7. The SMILES string of the molecule is CC[C@H](C)n1nccc1NC(=O)[C@@H](C)OC(=O)c1cc(C)nc2ccccc12. The van der Waals surface area contributed by atoms with Crippen molar-refractivity contribution in [3.8, 4) is 0 Å². The van der Waals surface area contributed by atoms with E-state index < -0.39 is 18.0 Å². The number of carbonyl (C=O) groups excluding carboxylic acids is 2. The first-order valence-electron chi connectivity index (χ1n) is 9.32. The van der Waals surface area contributed by atoms with Crippen LogP contribution in [0.4, 0.5) is 5.82 Å². The molecular formula is C21H24N4O3. The van der Waals surface area contributed by atoms with Crippen LogP contribution in [0, 0.1) is 6.92 Å². The Morgan fingerprint density at radius 1 is 1.21 bits per heavy atom. The molecule has 0 aliphatic heterocycles. The van der Waals surface area contributed by atoms with Gasteiger partial charge in [-0.15, -0.1) is 0 Å². The molecule has 1 aromatic carbocycles. The molecule has 0 unspecified atom stereocenters. The fourth-order valence-corrected chi connectivity index (χ4v) is 2.92. The molecule has 3 aromatic rings. The number of nitrogens with zero attached hydrogens (tertiary/aromatic N) is 3. The first kappa shape index (κ1) is 19.5. The van der Waals surface area contributed by atoms with Gasteiger partial charge in [-0.3, -0.25) is 9.78 Å². The molecule has 0 aliphatic rings. The predicted octanol–water partition coefficient (Wildman–Crippen LogP) is 3.89. The van der Waals surface area contributed by atoms with Gasteiger partial charge in [0.05, 0.1) is 23.3 Å². The Morgan fingerprint density at radius 3 is 2.71 bits per heavy atom. The summed E-state index contributed by atoms with van der Waals surface area (Å²) in [6.07, 6.45) is 1.55. The lowest BCUT2D eigenvalue weighted by molar-refractivity contribution is -0.123. The zero-order valence-electron chi connectivity index (χ0n) is 16.5. The number of anilines is 1. The Hall–Kier alpha value is -3.22. The van der Waals surface area contributed by atoms with Crippen LogP contribution in [-0.2, 0) is 9.53 Å². The maximum absolute atomic E-state index is 12.7. The van der Waals surface area contributed by atoms with Crippen LogP contribution in [0.15, 0.2) is 42.6 Å². The monoisotopic (exact) mass is 380 g/mol. The number of pyridine rings is 1. The van der Waals surface area contributed by atoms with Gasteiger partial charge in [0.25, 0.3) is 5.91 Å². The molecule has 0 fully saturated rings. The van der Waals surface area contributed by atoms with Crippen LogP contribution in [0.3, 0.4) is 0 Å². The van der Waals surface area contributed by atoms with Crippen molar-refractivity contribution in [1.29, 1.82) is 0 Å². The van der Waals surface area contributed by atoms with Gasteiger partial charge >= 0.3 is 5.97 Å². The molecule has 28 heavy (non-hydrogen) atoms. The van der Waals surface area contributed by atoms with E-state index in [2.05, 4.69) is 15.4 Å². The van der Waals surface area contributed by atoms with Crippen molar-refractivity contribution in [3.05, 3.63) is 53.9 Å². The number of aryl methyl sites for hydroxylation is 1. The Balaban J connectivity index is 1.75. The summed E-state index contributed by atoms with van der Waals surface area (Å²) in [5, 5.41) is 7.72. The number of amides is 1. The lowest BCUT2D eigenvalue weighted by Crippen LogP contribution is -2.31. The third kappa shape index (κ3) is 4.03. The van der Waals surface area contributed by atoms with Gasteiger partial charge in [-0.25, -0.2) is 9.48 Å². The highest BCUT2D eigenvalue weighted by Crippen LogP contribution is 2.20. The number of ether oxygens (including phenoxy) is 1. The molecule has 146 valence electrons. The van der Waals surface area contributed by atoms with Crippen LogP contribution in [0.5, 0.6) is 0 Å². The molecule has 1 amide bonds. The number of fused-ring (bicyclic) bond motifs is 1. The van der Waals surface area contributed by atoms with E-state index in [1.54, 1.807) is 29.9 Å². The normalized spacial score (nSPS) is 13.1. The molecule has 2 heterocycles. The van der Waals surface area contributed by atoms with E-state index in [0.29, 0.717) is 28.0 Å². The summed E-state index contributed by atoms with van der Waals surface area (Å²) in [7, 11) is 0. The molecule has 2 aromatic heterocycles. The number of aromatic nitrogens is 3. The van der Waals surface area contributed by atoms with E-state index in [0.717, 1.165) is 6.42 Å². The number of rotatable bonds is 6. The molecule has 0 bridgehead atoms. The molecule has 7 heteroatoms. The average molecular weight is 380 g/mol. The Kier molecular flexibility index (Phi) is 5.73. The van der Waals surface area contributed by atoms with Crippen molar-refractivity contribution in [2.24, 2.45) is 0 Å². The number of carbonyl (C=O) groups is 2.